The number of carboxylic acids is 1. The van der Waals surface area contributed by atoms with Gasteiger partial charge in [-0.05, 0) is 31.6 Å². The Kier molecular flexibility index (Phi) is 8.14. The normalized spacial score (nSPS) is 16.4. The fraction of sp³-hybridized carbons (Fsp3) is 0.529. The molecule has 1 aliphatic rings. The second-order valence-corrected chi connectivity index (χ2v) is 6.29. The third-order valence-electron chi connectivity index (χ3n) is 3.98. The molecule has 1 saturated heterocycles. The standard InChI is InChI=1S/C17H24ClN3O4/c18-13-4-1-2-5-14(13)20-16(22)12-15(17(23)24)19-6-3-7-21-8-10-25-11-9-21/h1-2,4-5,15,19H,3,6-12H2,(H,20,22)(H,23,24)/t15-/m1/s1. The molecule has 0 radical (unpaired) electrons. The van der Waals surface area contributed by atoms with Crippen LogP contribution in [0.3, 0.4) is 0 Å². The van der Waals surface area contributed by atoms with Gasteiger partial charge >= 0.3 is 5.97 Å². The summed E-state index contributed by atoms with van der Waals surface area (Å²) in [6, 6.07) is 5.92. The van der Waals surface area contributed by atoms with E-state index < -0.39 is 12.0 Å². The number of nitrogens with one attached hydrogen (secondary N) is 2. The molecule has 1 aromatic rings. The van der Waals surface area contributed by atoms with Crippen molar-refractivity contribution < 1.29 is 19.4 Å². The summed E-state index contributed by atoms with van der Waals surface area (Å²) in [6.45, 7) is 4.72. The monoisotopic (exact) mass is 369 g/mol. The number of morpholine rings is 1. The minimum absolute atomic E-state index is 0.155. The Hall–Kier alpha value is -1.67. The maximum Gasteiger partial charge on any atom is 0.321 e. The topological polar surface area (TPSA) is 90.9 Å². The largest absolute Gasteiger partial charge is 0.480 e. The number of ether oxygens (including phenoxy) is 1. The number of hydrogen-bond acceptors (Lipinski definition) is 5. The second-order valence-electron chi connectivity index (χ2n) is 5.88. The zero-order valence-electron chi connectivity index (χ0n) is 14.0. The van der Waals surface area contributed by atoms with Crippen LogP contribution in [0.5, 0.6) is 0 Å². The molecule has 7 nitrogen and oxygen atoms in total. The fourth-order valence-corrected chi connectivity index (χ4v) is 2.78. The van der Waals surface area contributed by atoms with Crippen molar-refractivity contribution in [2.24, 2.45) is 0 Å². The number of aliphatic carboxylic acids is 1. The van der Waals surface area contributed by atoms with Crippen molar-refractivity contribution in [1.29, 1.82) is 0 Å². The first-order valence-electron chi connectivity index (χ1n) is 8.37. The lowest BCUT2D eigenvalue weighted by Crippen LogP contribution is -2.42. The van der Waals surface area contributed by atoms with Gasteiger partial charge in [-0.25, -0.2) is 0 Å². The highest BCUT2D eigenvalue weighted by molar-refractivity contribution is 6.33. The van der Waals surface area contributed by atoms with Crippen LogP contribution >= 0.6 is 11.6 Å². The average molecular weight is 370 g/mol. The number of amides is 1. The highest BCUT2D eigenvalue weighted by Gasteiger charge is 2.21. The molecule has 138 valence electrons. The Morgan fingerprint density at radius 1 is 1.28 bits per heavy atom. The lowest BCUT2D eigenvalue weighted by atomic mass is 10.2. The van der Waals surface area contributed by atoms with E-state index in [9.17, 15) is 14.7 Å². The van der Waals surface area contributed by atoms with Crippen LogP contribution in [0.4, 0.5) is 5.69 Å². The van der Waals surface area contributed by atoms with E-state index in [1.807, 2.05) is 0 Å². The van der Waals surface area contributed by atoms with Crippen LogP contribution in [0, 0.1) is 0 Å². The molecule has 0 unspecified atom stereocenters. The van der Waals surface area contributed by atoms with Crippen LogP contribution in [0.1, 0.15) is 12.8 Å². The summed E-state index contributed by atoms with van der Waals surface area (Å²) >= 11 is 5.98. The average Bonchev–Trinajstić information content (AvgIpc) is 2.60. The summed E-state index contributed by atoms with van der Waals surface area (Å²) < 4.78 is 5.29. The Morgan fingerprint density at radius 2 is 2.00 bits per heavy atom. The molecule has 0 aliphatic carbocycles. The fourth-order valence-electron chi connectivity index (χ4n) is 2.60. The molecular formula is C17H24ClN3O4. The van der Waals surface area contributed by atoms with Crippen LogP contribution in [0.25, 0.3) is 0 Å². The van der Waals surface area contributed by atoms with Gasteiger partial charge in [-0.15, -0.1) is 0 Å². The van der Waals surface area contributed by atoms with Crippen molar-refractivity contribution in [2.75, 3.05) is 44.7 Å². The second kappa shape index (κ2) is 10.4. The molecule has 0 aromatic heterocycles. The van der Waals surface area contributed by atoms with E-state index in [1.165, 1.54) is 0 Å². The number of nitrogens with zero attached hydrogens (tertiary/aromatic N) is 1. The molecule has 1 amide bonds. The minimum atomic E-state index is -1.04. The molecule has 1 aromatic carbocycles. The number of hydrogen-bond donors (Lipinski definition) is 3. The van der Waals surface area contributed by atoms with Crippen LogP contribution in [-0.2, 0) is 14.3 Å². The first-order valence-corrected chi connectivity index (χ1v) is 8.74. The van der Waals surface area contributed by atoms with Gasteiger partial charge < -0.3 is 20.5 Å². The lowest BCUT2D eigenvalue weighted by Gasteiger charge is -2.26. The highest BCUT2D eigenvalue weighted by atomic mass is 35.5. The van der Waals surface area contributed by atoms with Crippen molar-refractivity contribution in [1.82, 2.24) is 10.2 Å². The van der Waals surface area contributed by atoms with Crippen molar-refractivity contribution in [3.63, 3.8) is 0 Å². The molecule has 2 rings (SSSR count). The van der Waals surface area contributed by atoms with E-state index in [0.717, 1.165) is 39.3 Å². The minimum Gasteiger partial charge on any atom is -0.480 e. The van der Waals surface area contributed by atoms with E-state index in [4.69, 9.17) is 16.3 Å². The number of para-hydroxylation sites is 1. The maximum atomic E-state index is 12.1. The van der Waals surface area contributed by atoms with Gasteiger partial charge in [-0.3, -0.25) is 14.5 Å². The molecule has 0 saturated carbocycles. The molecule has 25 heavy (non-hydrogen) atoms. The first kappa shape index (κ1) is 19.7. The summed E-state index contributed by atoms with van der Waals surface area (Å²) in [5, 5.41) is 15.3. The van der Waals surface area contributed by atoms with Gasteiger partial charge in [0, 0.05) is 13.1 Å². The summed E-state index contributed by atoms with van der Waals surface area (Å²) in [4.78, 5) is 25.7. The number of carbonyl (C=O) groups excluding carboxylic acids is 1. The highest BCUT2D eigenvalue weighted by Crippen LogP contribution is 2.20. The number of anilines is 1. The van der Waals surface area contributed by atoms with Crippen LogP contribution in [0.2, 0.25) is 5.02 Å². The summed E-state index contributed by atoms with van der Waals surface area (Å²) in [6.07, 6.45) is 0.661. The zero-order chi connectivity index (χ0) is 18.1. The SMILES string of the molecule is O=C(C[C@@H](NCCCN1CCOCC1)C(=O)O)Nc1ccccc1Cl. The van der Waals surface area contributed by atoms with E-state index in [0.29, 0.717) is 17.3 Å². The quantitative estimate of drug-likeness (QED) is 0.570. The van der Waals surface area contributed by atoms with Gasteiger partial charge in [0.25, 0.3) is 0 Å². The number of carbonyl (C=O) groups is 2. The van der Waals surface area contributed by atoms with Gasteiger partial charge in [0.05, 0.1) is 30.3 Å². The van der Waals surface area contributed by atoms with E-state index in [1.54, 1.807) is 24.3 Å². The van der Waals surface area contributed by atoms with E-state index in [2.05, 4.69) is 15.5 Å². The number of carboxylic acid groups (broad SMARTS) is 1. The van der Waals surface area contributed by atoms with Gasteiger partial charge in [-0.2, -0.15) is 0 Å². The van der Waals surface area contributed by atoms with Crippen molar-refractivity contribution in [3.05, 3.63) is 29.3 Å². The smallest absolute Gasteiger partial charge is 0.321 e. The van der Waals surface area contributed by atoms with Crippen LogP contribution < -0.4 is 10.6 Å². The first-order chi connectivity index (χ1) is 12.1. The molecule has 0 spiro atoms. The summed E-state index contributed by atoms with van der Waals surface area (Å²) in [5.74, 6) is -1.43. The van der Waals surface area contributed by atoms with Gasteiger partial charge in [0.1, 0.15) is 6.04 Å². The van der Waals surface area contributed by atoms with Crippen molar-refractivity contribution >= 4 is 29.2 Å². The Morgan fingerprint density at radius 3 is 2.68 bits per heavy atom. The third kappa shape index (κ3) is 6.99. The summed E-state index contributed by atoms with van der Waals surface area (Å²) in [7, 11) is 0. The van der Waals surface area contributed by atoms with E-state index >= 15 is 0 Å². The molecule has 8 heteroatoms. The molecule has 1 fully saturated rings. The molecule has 1 aliphatic heterocycles. The number of rotatable bonds is 9. The molecular weight excluding hydrogens is 346 g/mol. The summed E-state index contributed by atoms with van der Waals surface area (Å²) in [5.41, 5.74) is 0.477. The molecule has 0 bridgehead atoms. The van der Waals surface area contributed by atoms with Gasteiger partial charge in [-0.1, -0.05) is 23.7 Å². The molecule has 3 N–H and O–H groups in total. The maximum absolute atomic E-state index is 12.1. The van der Waals surface area contributed by atoms with Crippen molar-refractivity contribution in [3.8, 4) is 0 Å². The van der Waals surface area contributed by atoms with Crippen LogP contribution in [-0.4, -0.2) is 67.3 Å². The number of halogens is 1. The molecule has 1 heterocycles. The van der Waals surface area contributed by atoms with Crippen LogP contribution in [0.15, 0.2) is 24.3 Å². The van der Waals surface area contributed by atoms with Gasteiger partial charge in [0.2, 0.25) is 5.91 Å². The Labute approximate surface area is 152 Å². The van der Waals surface area contributed by atoms with E-state index in [-0.39, 0.29) is 12.3 Å². The van der Waals surface area contributed by atoms with Gasteiger partial charge in [0.15, 0.2) is 0 Å². The Bertz CT molecular complexity index is 579. The predicted molar refractivity (Wildman–Crippen MR) is 96.0 cm³/mol. The lowest BCUT2D eigenvalue weighted by molar-refractivity contribution is -0.141. The molecule has 1 atom stereocenters. The predicted octanol–water partition coefficient (Wildman–Crippen LogP) is 1.43. The third-order valence-corrected chi connectivity index (χ3v) is 4.31. The zero-order valence-corrected chi connectivity index (χ0v) is 14.8. The van der Waals surface area contributed by atoms with Crippen molar-refractivity contribution in [2.45, 2.75) is 18.9 Å². The number of benzene rings is 1. The Balaban J connectivity index is 1.73.